The van der Waals surface area contributed by atoms with E-state index in [1.807, 2.05) is 6.92 Å². The van der Waals surface area contributed by atoms with Crippen molar-refractivity contribution in [1.29, 1.82) is 0 Å². The molecule has 0 radical (unpaired) electrons. The third-order valence-corrected chi connectivity index (χ3v) is 5.69. The van der Waals surface area contributed by atoms with Crippen molar-refractivity contribution < 1.29 is 22.7 Å². The highest BCUT2D eigenvalue weighted by Gasteiger charge is 2.29. The van der Waals surface area contributed by atoms with E-state index in [1.165, 1.54) is 44.2 Å². The molecule has 0 bridgehead atoms. The van der Waals surface area contributed by atoms with Gasteiger partial charge in [0.1, 0.15) is 5.75 Å². The predicted octanol–water partition coefficient (Wildman–Crippen LogP) is 3.42. The largest absolute Gasteiger partial charge is 0.426 e. The summed E-state index contributed by atoms with van der Waals surface area (Å²) < 4.78 is 31.8. The quantitative estimate of drug-likeness (QED) is 0.553. The van der Waals surface area contributed by atoms with Crippen molar-refractivity contribution in [3.63, 3.8) is 0 Å². The van der Waals surface area contributed by atoms with Gasteiger partial charge in [-0.1, -0.05) is 17.7 Å². The number of hydrogen-bond acceptors (Lipinski definition) is 5. The molecule has 132 valence electrons. The number of esters is 1. The van der Waals surface area contributed by atoms with E-state index >= 15 is 0 Å². The Hall–Kier alpha value is -2.19. The summed E-state index contributed by atoms with van der Waals surface area (Å²) in [7, 11) is -4.07. The minimum atomic E-state index is -4.07. The van der Waals surface area contributed by atoms with Crippen LogP contribution in [0.3, 0.4) is 0 Å². The second kappa shape index (κ2) is 7.37. The first-order chi connectivity index (χ1) is 11.6. The average Bonchev–Trinajstić information content (AvgIpc) is 2.49. The Balaban J connectivity index is 2.51. The molecule has 0 atom stereocenters. The smallest absolute Gasteiger partial charge is 0.308 e. The molecule has 2 aromatic rings. The maximum atomic E-state index is 12.9. The molecule has 0 saturated heterocycles. The third-order valence-electron chi connectivity index (χ3n) is 3.25. The summed E-state index contributed by atoms with van der Waals surface area (Å²) in [6.45, 7) is 4.26. The van der Waals surface area contributed by atoms with Crippen LogP contribution in [0.4, 0.5) is 5.69 Å². The van der Waals surface area contributed by atoms with Crippen LogP contribution in [-0.4, -0.2) is 20.3 Å². The second-order valence-electron chi connectivity index (χ2n) is 5.31. The van der Waals surface area contributed by atoms with Crippen molar-refractivity contribution in [2.45, 2.75) is 25.7 Å². The molecule has 0 fully saturated rings. The highest BCUT2D eigenvalue weighted by Crippen LogP contribution is 2.32. The van der Waals surface area contributed by atoms with E-state index in [-0.39, 0.29) is 16.3 Å². The van der Waals surface area contributed by atoms with Crippen LogP contribution < -0.4 is 9.04 Å². The Kier molecular flexibility index (Phi) is 5.64. The fourth-order valence-corrected chi connectivity index (χ4v) is 4.03. The summed E-state index contributed by atoms with van der Waals surface area (Å²) in [5, 5.41) is 0. The maximum absolute atomic E-state index is 12.9. The van der Waals surface area contributed by atoms with E-state index in [0.717, 1.165) is 5.56 Å². The van der Waals surface area contributed by atoms with Crippen LogP contribution in [0.1, 0.15) is 19.4 Å². The number of ether oxygens (including phenoxy) is 1. The Morgan fingerprint density at radius 1 is 1.04 bits per heavy atom. The number of carbonyl (C=O) groups excluding carboxylic acids is 2. The third kappa shape index (κ3) is 4.26. The maximum Gasteiger partial charge on any atom is 0.308 e. The summed E-state index contributed by atoms with van der Waals surface area (Å²) in [4.78, 5) is 23.1. The lowest BCUT2D eigenvalue weighted by Gasteiger charge is -2.22. The molecule has 0 unspecified atom stereocenters. The van der Waals surface area contributed by atoms with Crippen molar-refractivity contribution in [2.75, 3.05) is 4.31 Å². The molecule has 25 heavy (non-hydrogen) atoms. The highest BCUT2D eigenvalue weighted by molar-refractivity contribution is 9.10. The van der Waals surface area contributed by atoms with Crippen LogP contribution in [0.25, 0.3) is 0 Å². The molecule has 6 nitrogen and oxygen atoms in total. The van der Waals surface area contributed by atoms with Crippen molar-refractivity contribution in [1.82, 2.24) is 0 Å². The monoisotopic (exact) mass is 425 g/mol. The lowest BCUT2D eigenvalue weighted by Crippen LogP contribution is -2.35. The minimum absolute atomic E-state index is 0.00786. The molecule has 2 rings (SSSR count). The van der Waals surface area contributed by atoms with Crippen LogP contribution in [0.15, 0.2) is 51.8 Å². The Morgan fingerprint density at radius 3 is 2.12 bits per heavy atom. The standard InChI is InChI=1S/C17H16BrNO5S/c1-11-4-7-15(8-5-11)25(22,23)19(12(2)20)14-6-9-17(16(18)10-14)24-13(3)21/h4-10H,1-3H3. The van der Waals surface area contributed by atoms with Gasteiger partial charge in [0, 0.05) is 13.8 Å². The molecule has 0 aliphatic carbocycles. The van der Waals surface area contributed by atoms with Gasteiger partial charge in [0.2, 0.25) is 5.91 Å². The summed E-state index contributed by atoms with van der Waals surface area (Å²) in [6.07, 6.45) is 0. The van der Waals surface area contributed by atoms with Gasteiger partial charge in [-0.3, -0.25) is 9.59 Å². The first kappa shape index (κ1) is 19.1. The van der Waals surface area contributed by atoms with Crippen LogP contribution in [-0.2, 0) is 19.6 Å². The molecule has 0 spiro atoms. The number of benzene rings is 2. The van der Waals surface area contributed by atoms with Crippen LogP contribution in [0.5, 0.6) is 5.75 Å². The van der Waals surface area contributed by atoms with Gasteiger partial charge in [-0.2, -0.15) is 0 Å². The lowest BCUT2D eigenvalue weighted by atomic mass is 10.2. The molecule has 2 aromatic carbocycles. The molecule has 8 heteroatoms. The second-order valence-corrected chi connectivity index (χ2v) is 7.95. The first-order valence-corrected chi connectivity index (χ1v) is 9.47. The molecular formula is C17H16BrNO5S. The van der Waals surface area contributed by atoms with Crippen molar-refractivity contribution >= 4 is 43.5 Å². The first-order valence-electron chi connectivity index (χ1n) is 7.23. The van der Waals surface area contributed by atoms with Crippen molar-refractivity contribution in [3.8, 4) is 5.75 Å². The van der Waals surface area contributed by atoms with Crippen LogP contribution >= 0.6 is 15.9 Å². The predicted molar refractivity (Wildman–Crippen MR) is 97.0 cm³/mol. The molecule has 0 aliphatic rings. The number of sulfonamides is 1. The van der Waals surface area contributed by atoms with Crippen LogP contribution in [0.2, 0.25) is 0 Å². The topological polar surface area (TPSA) is 80.8 Å². The lowest BCUT2D eigenvalue weighted by molar-refractivity contribution is -0.132. The zero-order valence-electron chi connectivity index (χ0n) is 13.8. The number of amides is 1. The molecule has 0 aromatic heterocycles. The Labute approximate surface area is 154 Å². The van der Waals surface area contributed by atoms with E-state index < -0.39 is 21.9 Å². The van der Waals surface area contributed by atoms with Crippen molar-refractivity contribution in [3.05, 3.63) is 52.5 Å². The van der Waals surface area contributed by atoms with E-state index in [4.69, 9.17) is 4.74 Å². The molecule has 1 amide bonds. The SMILES string of the molecule is CC(=O)Oc1ccc(N(C(C)=O)S(=O)(=O)c2ccc(C)cc2)cc1Br. The zero-order valence-corrected chi connectivity index (χ0v) is 16.2. The van der Waals surface area contributed by atoms with Gasteiger partial charge in [0.25, 0.3) is 10.0 Å². The fourth-order valence-electron chi connectivity index (χ4n) is 2.16. The minimum Gasteiger partial charge on any atom is -0.426 e. The Bertz CT molecular complexity index is 923. The van der Waals surface area contributed by atoms with E-state index in [2.05, 4.69) is 15.9 Å². The number of rotatable bonds is 4. The van der Waals surface area contributed by atoms with Gasteiger partial charge >= 0.3 is 5.97 Å². The van der Waals surface area contributed by atoms with E-state index in [1.54, 1.807) is 12.1 Å². The molecule has 0 aliphatic heterocycles. The molecule has 0 heterocycles. The van der Waals surface area contributed by atoms with Crippen molar-refractivity contribution in [2.24, 2.45) is 0 Å². The van der Waals surface area contributed by atoms with E-state index in [9.17, 15) is 18.0 Å². The van der Waals surface area contributed by atoms with Gasteiger partial charge in [-0.15, -0.1) is 0 Å². The number of halogens is 1. The van der Waals surface area contributed by atoms with Gasteiger partial charge < -0.3 is 4.74 Å². The normalized spacial score (nSPS) is 11.0. The molecule has 0 N–H and O–H groups in total. The van der Waals surface area contributed by atoms with Gasteiger partial charge in [-0.25, -0.2) is 12.7 Å². The Morgan fingerprint density at radius 2 is 1.64 bits per heavy atom. The molecular weight excluding hydrogens is 410 g/mol. The summed E-state index contributed by atoms with van der Waals surface area (Å²) in [5.74, 6) is -0.940. The summed E-state index contributed by atoms with van der Waals surface area (Å²) in [5.41, 5.74) is 1.04. The zero-order chi connectivity index (χ0) is 18.8. The molecule has 0 saturated carbocycles. The number of nitrogens with zero attached hydrogens (tertiary/aromatic N) is 1. The highest BCUT2D eigenvalue weighted by atomic mass is 79.9. The van der Waals surface area contributed by atoms with Crippen LogP contribution in [0, 0.1) is 6.92 Å². The number of hydrogen-bond donors (Lipinski definition) is 0. The van der Waals surface area contributed by atoms with Gasteiger partial charge in [0.05, 0.1) is 15.1 Å². The fraction of sp³-hybridized carbons (Fsp3) is 0.176. The van der Waals surface area contributed by atoms with Gasteiger partial charge in [0.15, 0.2) is 0 Å². The summed E-state index contributed by atoms with van der Waals surface area (Å²) in [6, 6.07) is 10.4. The van der Waals surface area contributed by atoms with Gasteiger partial charge in [-0.05, 0) is 53.2 Å². The number of anilines is 1. The van der Waals surface area contributed by atoms with E-state index in [0.29, 0.717) is 8.78 Å². The number of aryl methyl sites for hydroxylation is 1. The summed E-state index contributed by atoms with van der Waals surface area (Å²) >= 11 is 3.22. The average molecular weight is 426 g/mol. The number of carbonyl (C=O) groups is 2.